The number of rotatable bonds is 3. The summed E-state index contributed by atoms with van der Waals surface area (Å²) < 4.78 is 32.4. The molecule has 1 unspecified atom stereocenters. The summed E-state index contributed by atoms with van der Waals surface area (Å²) in [7, 11) is -2.28. The van der Waals surface area contributed by atoms with Gasteiger partial charge in [-0.1, -0.05) is 6.07 Å². The average Bonchev–Trinajstić information content (AvgIpc) is 2.78. The first kappa shape index (κ1) is 18.9. The van der Waals surface area contributed by atoms with E-state index in [1.165, 1.54) is 11.1 Å². The number of hydrogen-bond donors (Lipinski definition) is 3. The molecule has 23 heavy (non-hydrogen) atoms. The second-order valence-electron chi connectivity index (χ2n) is 5.21. The molecule has 0 heterocycles. The lowest BCUT2D eigenvalue weighted by Crippen LogP contribution is -2.81. The molecule has 5 N–H and O–H groups in total. The fraction of sp³-hybridized carbons (Fsp3) is 0.429. The molecule has 0 fully saturated rings. The fourth-order valence-corrected chi connectivity index (χ4v) is 2.44. The fourth-order valence-electron chi connectivity index (χ4n) is 2.44. The standard InChI is InChI=1S/C13H17N3O2.CH4O3S/c1-18-10-5-4-8-2-3-9(11(8)7-10)6-12(17)16-13(14)15;1-5(2,3)4/h4-5,7,9H,2-3,6H2,1H3,(H4,14,15,16,17);1H3,(H,2,3,4). The van der Waals surface area contributed by atoms with Gasteiger partial charge in [-0.3, -0.25) is 16.3 Å². The van der Waals surface area contributed by atoms with Crippen molar-refractivity contribution in [2.75, 3.05) is 13.4 Å². The number of amides is 1. The van der Waals surface area contributed by atoms with Gasteiger partial charge in [-0.15, -0.1) is 0 Å². The number of nitrogens with one attached hydrogen (secondary N) is 1. The molecule has 1 aromatic carbocycles. The Morgan fingerprint density at radius 1 is 1.43 bits per heavy atom. The zero-order valence-electron chi connectivity index (χ0n) is 13.0. The highest BCUT2D eigenvalue weighted by atomic mass is 32.2. The van der Waals surface area contributed by atoms with Crippen LogP contribution in [0.5, 0.6) is 5.75 Å². The Labute approximate surface area is 135 Å². The van der Waals surface area contributed by atoms with E-state index in [1.807, 2.05) is 12.1 Å². The second-order valence-corrected chi connectivity index (χ2v) is 6.62. The van der Waals surface area contributed by atoms with Crippen molar-refractivity contribution in [2.45, 2.75) is 25.2 Å². The molecule has 0 aliphatic heterocycles. The van der Waals surface area contributed by atoms with E-state index in [0.29, 0.717) is 12.7 Å². The van der Waals surface area contributed by atoms with E-state index in [0.717, 1.165) is 18.6 Å². The molecule has 8 nitrogen and oxygen atoms in total. The molecule has 128 valence electrons. The van der Waals surface area contributed by atoms with Crippen molar-refractivity contribution in [1.82, 2.24) is 0 Å². The summed E-state index contributed by atoms with van der Waals surface area (Å²) in [4.78, 5) is 14.1. The Morgan fingerprint density at radius 3 is 2.57 bits per heavy atom. The minimum Gasteiger partial charge on any atom is -0.748 e. The van der Waals surface area contributed by atoms with E-state index in [9.17, 15) is 4.79 Å². The molecule has 0 saturated carbocycles. The van der Waals surface area contributed by atoms with E-state index >= 15 is 0 Å². The number of nitrogens with two attached hydrogens (primary N) is 2. The topological polar surface area (TPSA) is 150 Å². The molecular weight excluding hydrogens is 322 g/mol. The predicted molar refractivity (Wildman–Crippen MR) is 83.6 cm³/mol. The number of benzene rings is 1. The van der Waals surface area contributed by atoms with Crippen molar-refractivity contribution in [3.8, 4) is 5.75 Å². The summed E-state index contributed by atoms with van der Waals surface area (Å²) in [5, 5.41) is 0. The molecule has 0 aromatic heterocycles. The summed E-state index contributed by atoms with van der Waals surface area (Å²) in [5.41, 5.74) is 13.0. The minimum atomic E-state index is -3.92. The van der Waals surface area contributed by atoms with Crippen molar-refractivity contribution in [3.05, 3.63) is 29.3 Å². The predicted octanol–water partition coefficient (Wildman–Crippen LogP) is -1.84. The van der Waals surface area contributed by atoms with Gasteiger partial charge < -0.3 is 9.29 Å². The van der Waals surface area contributed by atoms with E-state index in [2.05, 4.69) is 11.1 Å². The third kappa shape index (κ3) is 7.11. The van der Waals surface area contributed by atoms with Crippen LogP contribution in [0.4, 0.5) is 0 Å². The van der Waals surface area contributed by atoms with Crippen LogP contribution in [0.3, 0.4) is 0 Å². The van der Waals surface area contributed by atoms with Crippen molar-refractivity contribution < 1.29 is 27.5 Å². The van der Waals surface area contributed by atoms with Crippen molar-refractivity contribution in [3.63, 3.8) is 0 Å². The van der Waals surface area contributed by atoms with Gasteiger partial charge in [0, 0.05) is 12.7 Å². The Hall–Kier alpha value is -2.13. The van der Waals surface area contributed by atoms with Crippen LogP contribution in [0.25, 0.3) is 0 Å². The molecular formula is C14H21N3O5S. The minimum absolute atomic E-state index is 0.0520. The highest BCUT2D eigenvalue weighted by Gasteiger charge is 2.25. The van der Waals surface area contributed by atoms with Gasteiger partial charge >= 0.3 is 5.96 Å². The van der Waals surface area contributed by atoms with Gasteiger partial charge in [-0.2, -0.15) is 0 Å². The molecule has 9 heteroatoms. The zero-order chi connectivity index (χ0) is 17.6. The summed E-state index contributed by atoms with van der Waals surface area (Å²) in [5.74, 6) is 0.847. The molecule has 1 aromatic rings. The molecule has 0 bridgehead atoms. The van der Waals surface area contributed by atoms with Crippen molar-refractivity contribution in [2.24, 2.45) is 11.5 Å². The number of ether oxygens (including phenoxy) is 1. The largest absolute Gasteiger partial charge is 0.748 e. The van der Waals surface area contributed by atoms with Crippen LogP contribution in [-0.2, 0) is 21.3 Å². The molecule has 2 rings (SSSR count). The number of carbonyl (C=O) groups is 1. The van der Waals surface area contributed by atoms with Gasteiger partial charge in [-0.05, 0) is 42.0 Å². The molecule has 0 spiro atoms. The first-order valence-electron chi connectivity index (χ1n) is 6.85. The van der Waals surface area contributed by atoms with Crippen LogP contribution < -0.4 is 21.2 Å². The second kappa shape index (κ2) is 7.93. The number of carbonyl (C=O) groups excluding carboxylic acids is 1. The van der Waals surface area contributed by atoms with Gasteiger partial charge in [0.05, 0.1) is 17.2 Å². The summed E-state index contributed by atoms with van der Waals surface area (Å²) in [6.45, 7) is 0. The van der Waals surface area contributed by atoms with Crippen LogP contribution in [0.1, 0.15) is 29.9 Å². The van der Waals surface area contributed by atoms with Gasteiger partial charge in [0.25, 0.3) is 5.91 Å². The third-order valence-electron chi connectivity index (χ3n) is 3.27. The maximum absolute atomic E-state index is 11.7. The van der Waals surface area contributed by atoms with Gasteiger partial charge in [0.15, 0.2) is 0 Å². The van der Waals surface area contributed by atoms with Crippen LogP contribution in [0.15, 0.2) is 18.2 Å². The summed E-state index contributed by atoms with van der Waals surface area (Å²) >= 11 is 0. The van der Waals surface area contributed by atoms with E-state index < -0.39 is 10.1 Å². The number of methoxy groups -OCH3 is 1. The number of guanidine groups is 1. The van der Waals surface area contributed by atoms with E-state index in [4.69, 9.17) is 29.2 Å². The molecule has 0 radical (unpaired) electrons. The first-order valence-corrected chi connectivity index (χ1v) is 8.67. The number of hydrogen-bond acceptors (Lipinski definition) is 5. The molecule has 1 aliphatic carbocycles. The van der Waals surface area contributed by atoms with Crippen molar-refractivity contribution >= 4 is 22.0 Å². The lowest BCUT2D eigenvalue weighted by molar-refractivity contribution is -0.380. The maximum atomic E-state index is 11.7. The van der Waals surface area contributed by atoms with Crippen molar-refractivity contribution in [1.29, 1.82) is 0 Å². The third-order valence-corrected chi connectivity index (χ3v) is 3.27. The lowest BCUT2D eigenvalue weighted by Gasteiger charge is -2.10. The Morgan fingerprint density at radius 2 is 2.04 bits per heavy atom. The van der Waals surface area contributed by atoms with Crippen LogP contribution in [0.2, 0.25) is 0 Å². The highest BCUT2D eigenvalue weighted by Crippen LogP contribution is 2.37. The monoisotopic (exact) mass is 343 g/mol. The quantitative estimate of drug-likeness (QED) is 0.331. The first-order chi connectivity index (χ1) is 10.6. The smallest absolute Gasteiger partial charge is 0.346 e. The highest BCUT2D eigenvalue weighted by molar-refractivity contribution is 7.84. The normalized spacial score (nSPS) is 15.9. The Bertz CT molecular complexity index is 688. The molecule has 1 atom stereocenters. The van der Waals surface area contributed by atoms with Gasteiger partial charge in [0.2, 0.25) is 0 Å². The average molecular weight is 343 g/mol. The van der Waals surface area contributed by atoms with Gasteiger partial charge in [0.1, 0.15) is 5.75 Å². The molecule has 1 aliphatic rings. The van der Waals surface area contributed by atoms with Crippen LogP contribution >= 0.6 is 0 Å². The number of fused-ring (bicyclic) bond motifs is 1. The van der Waals surface area contributed by atoms with E-state index in [1.54, 1.807) is 7.11 Å². The lowest BCUT2D eigenvalue weighted by atomic mass is 9.97. The van der Waals surface area contributed by atoms with Gasteiger partial charge in [-0.25, -0.2) is 13.4 Å². The van der Waals surface area contributed by atoms with Crippen LogP contribution in [0, 0.1) is 0 Å². The Balaban J connectivity index is 0.000000463. The number of aryl methyl sites for hydroxylation is 1. The van der Waals surface area contributed by atoms with E-state index in [-0.39, 0.29) is 17.8 Å². The maximum Gasteiger partial charge on any atom is 0.346 e. The van der Waals surface area contributed by atoms with Crippen LogP contribution in [-0.4, -0.2) is 38.2 Å². The molecule has 1 amide bonds. The SMILES string of the molecule is COc1ccc2c(c1)C(CC(=O)[NH+]=C(N)N)CC2.CS(=O)(=O)[O-]. The summed E-state index contributed by atoms with van der Waals surface area (Å²) in [6, 6.07) is 6.03. The molecule has 0 saturated heterocycles. The zero-order valence-corrected chi connectivity index (χ0v) is 13.9. The Kier molecular flexibility index (Phi) is 6.52. The summed E-state index contributed by atoms with van der Waals surface area (Å²) in [6.07, 6.45) is 2.98.